The fourth-order valence-corrected chi connectivity index (χ4v) is 3.24. The predicted molar refractivity (Wildman–Crippen MR) is 75.3 cm³/mol. The van der Waals surface area contributed by atoms with E-state index in [1.54, 1.807) is 11.3 Å². The molecule has 4 heteroatoms. The van der Waals surface area contributed by atoms with Crippen LogP contribution in [0.5, 0.6) is 5.19 Å². The van der Waals surface area contributed by atoms with Crippen molar-refractivity contribution in [1.29, 1.82) is 0 Å². The molecule has 0 amide bonds. The molecule has 1 aromatic carbocycles. The molecule has 0 spiro atoms. The summed E-state index contributed by atoms with van der Waals surface area (Å²) in [6, 6.07) is 8.18. The van der Waals surface area contributed by atoms with Crippen molar-refractivity contribution in [2.24, 2.45) is 5.92 Å². The molecular formula is C14H18N2OS. The Hall–Kier alpha value is -1.13. The van der Waals surface area contributed by atoms with E-state index in [-0.39, 0.29) is 0 Å². The predicted octanol–water partition coefficient (Wildman–Crippen LogP) is 3.06. The number of para-hydroxylation sites is 1. The molecule has 18 heavy (non-hydrogen) atoms. The quantitative estimate of drug-likeness (QED) is 0.919. The van der Waals surface area contributed by atoms with Crippen molar-refractivity contribution >= 4 is 21.6 Å². The van der Waals surface area contributed by atoms with Crippen LogP contribution in [0.3, 0.4) is 0 Å². The van der Waals surface area contributed by atoms with Crippen LogP contribution < -0.4 is 10.1 Å². The Bertz CT molecular complexity index is 472. The Kier molecular flexibility index (Phi) is 3.76. The van der Waals surface area contributed by atoms with Gasteiger partial charge in [0, 0.05) is 0 Å². The Balaban J connectivity index is 1.53. The highest BCUT2D eigenvalue weighted by molar-refractivity contribution is 7.20. The summed E-state index contributed by atoms with van der Waals surface area (Å²) in [5, 5.41) is 4.20. The van der Waals surface area contributed by atoms with Crippen molar-refractivity contribution in [3.63, 3.8) is 0 Å². The molecule has 2 heterocycles. The number of hydrogen-bond donors (Lipinski definition) is 1. The average molecular weight is 262 g/mol. The molecule has 0 saturated carbocycles. The van der Waals surface area contributed by atoms with Crippen molar-refractivity contribution < 1.29 is 4.74 Å². The first-order valence-electron chi connectivity index (χ1n) is 6.61. The summed E-state index contributed by atoms with van der Waals surface area (Å²) < 4.78 is 6.98. The van der Waals surface area contributed by atoms with Crippen molar-refractivity contribution in [2.75, 3.05) is 19.7 Å². The van der Waals surface area contributed by atoms with Gasteiger partial charge in [-0.2, -0.15) is 0 Å². The maximum atomic E-state index is 5.78. The molecule has 96 valence electrons. The number of nitrogens with one attached hydrogen (secondary N) is 1. The lowest BCUT2D eigenvalue weighted by atomic mass is 9.95. The van der Waals surface area contributed by atoms with Crippen molar-refractivity contribution in [3.8, 4) is 5.19 Å². The van der Waals surface area contributed by atoms with E-state index in [2.05, 4.69) is 16.4 Å². The summed E-state index contributed by atoms with van der Waals surface area (Å²) >= 11 is 1.64. The molecule has 3 nitrogen and oxygen atoms in total. The van der Waals surface area contributed by atoms with Gasteiger partial charge in [-0.1, -0.05) is 23.5 Å². The lowest BCUT2D eigenvalue weighted by Crippen LogP contribution is -2.28. The Morgan fingerprint density at radius 3 is 2.94 bits per heavy atom. The highest BCUT2D eigenvalue weighted by Crippen LogP contribution is 2.27. The fourth-order valence-electron chi connectivity index (χ4n) is 2.40. The summed E-state index contributed by atoms with van der Waals surface area (Å²) in [5.41, 5.74) is 1.04. The second-order valence-electron chi connectivity index (χ2n) is 4.78. The molecule has 3 rings (SSSR count). The van der Waals surface area contributed by atoms with E-state index in [1.165, 1.54) is 17.5 Å². The van der Waals surface area contributed by atoms with Gasteiger partial charge in [0.05, 0.1) is 16.8 Å². The van der Waals surface area contributed by atoms with Gasteiger partial charge in [0.2, 0.25) is 0 Å². The summed E-state index contributed by atoms with van der Waals surface area (Å²) in [4.78, 5) is 4.48. The molecule has 0 atom stereocenters. The highest BCUT2D eigenvalue weighted by Gasteiger charge is 2.13. The van der Waals surface area contributed by atoms with Gasteiger partial charge >= 0.3 is 0 Å². The van der Waals surface area contributed by atoms with Crippen LogP contribution in [0.4, 0.5) is 0 Å². The first-order chi connectivity index (χ1) is 8.92. The van der Waals surface area contributed by atoms with E-state index in [0.717, 1.165) is 42.7 Å². The number of thiazole rings is 1. The van der Waals surface area contributed by atoms with Crippen molar-refractivity contribution in [1.82, 2.24) is 10.3 Å². The maximum Gasteiger partial charge on any atom is 0.274 e. The number of benzene rings is 1. The summed E-state index contributed by atoms with van der Waals surface area (Å²) in [7, 11) is 0. The third-order valence-electron chi connectivity index (χ3n) is 3.48. The smallest absolute Gasteiger partial charge is 0.274 e. The maximum absolute atomic E-state index is 5.78. The van der Waals surface area contributed by atoms with Gasteiger partial charge in [-0.15, -0.1) is 0 Å². The first-order valence-corrected chi connectivity index (χ1v) is 7.42. The number of nitrogens with zero attached hydrogens (tertiary/aromatic N) is 1. The molecule has 1 N–H and O–H groups in total. The van der Waals surface area contributed by atoms with Crippen LogP contribution in [0.2, 0.25) is 0 Å². The lowest BCUT2D eigenvalue weighted by molar-refractivity contribution is 0.251. The van der Waals surface area contributed by atoms with Gasteiger partial charge in [0.1, 0.15) is 0 Å². The van der Waals surface area contributed by atoms with Crippen molar-refractivity contribution in [2.45, 2.75) is 19.3 Å². The number of rotatable bonds is 4. The zero-order chi connectivity index (χ0) is 12.2. The third kappa shape index (κ3) is 2.82. The van der Waals surface area contributed by atoms with E-state index in [0.29, 0.717) is 0 Å². The Morgan fingerprint density at radius 2 is 2.11 bits per heavy atom. The number of hydrogen-bond acceptors (Lipinski definition) is 4. The van der Waals surface area contributed by atoms with E-state index in [4.69, 9.17) is 4.74 Å². The molecule has 1 fully saturated rings. The average Bonchev–Trinajstić information content (AvgIpc) is 2.82. The summed E-state index contributed by atoms with van der Waals surface area (Å²) in [5.74, 6) is 0.820. The van der Waals surface area contributed by atoms with Gasteiger partial charge in [-0.05, 0) is 50.4 Å². The fraction of sp³-hybridized carbons (Fsp3) is 0.500. The molecule has 0 radical (unpaired) electrons. The molecular weight excluding hydrogens is 244 g/mol. The zero-order valence-electron chi connectivity index (χ0n) is 10.4. The van der Waals surface area contributed by atoms with Crippen LogP contribution in [0, 0.1) is 5.92 Å². The van der Waals surface area contributed by atoms with Gasteiger partial charge < -0.3 is 10.1 Å². The lowest BCUT2D eigenvalue weighted by Gasteiger charge is -2.21. The molecule has 2 aromatic rings. The molecule has 1 aromatic heterocycles. The largest absolute Gasteiger partial charge is 0.470 e. The van der Waals surface area contributed by atoms with Gasteiger partial charge in [-0.3, -0.25) is 0 Å². The number of piperidine rings is 1. The second kappa shape index (κ2) is 5.67. The zero-order valence-corrected chi connectivity index (χ0v) is 11.2. The second-order valence-corrected chi connectivity index (χ2v) is 5.77. The molecule has 0 bridgehead atoms. The molecule has 1 aliphatic rings. The summed E-state index contributed by atoms with van der Waals surface area (Å²) in [6.45, 7) is 3.11. The van der Waals surface area contributed by atoms with E-state index < -0.39 is 0 Å². The molecule has 1 aliphatic heterocycles. The highest BCUT2D eigenvalue weighted by atomic mass is 32.1. The number of ether oxygens (including phenoxy) is 1. The topological polar surface area (TPSA) is 34.1 Å². The van der Waals surface area contributed by atoms with Gasteiger partial charge in [-0.25, -0.2) is 4.98 Å². The number of fused-ring (bicyclic) bond motifs is 1. The van der Waals surface area contributed by atoms with Crippen LogP contribution in [-0.4, -0.2) is 24.7 Å². The minimum atomic E-state index is 0.796. The van der Waals surface area contributed by atoms with Crippen LogP contribution in [-0.2, 0) is 0 Å². The van der Waals surface area contributed by atoms with Crippen LogP contribution in [0.15, 0.2) is 24.3 Å². The number of aromatic nitrogens is 1. The third-order valence-corrected chi connectivity index (χ3v) is 4.43. The Labute approximate surface area is 111 Å². The van der Waals surface area contributed by atoms with Crippen molar-refractivity contribution in [3.05, 3.63) is 24.3 Å². The van der Waals surface area contributed by atoms with E-state index >= 15 is 0 Å². The normalized spacial score (nSPS) is 17.1. The molecule has 1 saturated heterocycles. The van der Waals surface area contributed by atoms with Crippen LogP contribution >= 0.6 is 11.3 Å². The monoisotopic (exact) mass is 262 g/mol. The van der Waals surface area contributed by atoms with Crippen LogP contribution in [0.25, 0.3) is 10.2 Å². The van der Waals surface area contributed by atoms with E-state index in [9.17, 15) is 0 Å². The van der Waals surface area contributed by atoms with Gasteiger partial charge in [0.25, 0.3) is 5.19 Å². The first kappa shape index (κ1) is 11.9. The standard InChI is InChI=1S/C14H18N2OS/c1-2-4-13-12(3-1)16-14(18-13)17-10-7-11-5-8-15-9-6-11/h1-4,11,15H,5-10H2. The minimum Gasteiger partial charge on any atom is -0.470 e. The SMILES string of the molecule is c1ccc2sc(OCCC3CCNCC3)nc2c1. The summed E-state index contributed by atoms with van der Waals surface area (Å²) in [6.07, 6.45) is 3.71. The van der Waals surface area contributed by atoms with Crippen LogP contribution in [0.1, 0.15) is 19.3 Å². The Morgan fingerprint density at radius 1 is 1.28 bits per heavy atom. The minimum absolute atomic E-state index is 0.796. The van der Waals surface area contributed by atoms with E-state index in [1.807, 2.05) is 18.2 Å². The molecule has 0 unspecified atom stereocenters. The van der Waals surface area contributed by atoms with Gasteiger partial charge in [0.15, 0.2) is 0 Å². The molecule has 0 aliphatic carbocycles.